The van der Waals surface area contributed by atoms with Crippen molar-refractivity contribution in [2.75, 3.05) is 5.73 Å². The van der Waals surface area contributed by atoms with Crippen LogP contribution in [0.15, 0.2) is 40.4 Å². The molecule has 0 unspecified atom stereocenters. The summed E-state index contributed by atoms with van der Waals surface area (Å²) >= 11 is 5.19. The van der Waals surface area contributed by atoms with Crippen LogP contribution < -0.4 is 5.73 Å². The summed E-state index contributed by atoms with van der Waals surface area (Å²) < 4.78 is 2.74. The normalized spacial score (nSPS) is 10.8. The average Bonchev–Trinajstić information content (AvgIpc) is 2.96. The molecular formula is C13H11BrN4S. The molecule has 3 rings (SSSR count). The van der Waals surface area contributed by atoms with Crippen molar-refractivity contribution in [1.82, 2.24) is 14.8 Å². The van der Waals surface area contributed by atoms with Crippen LogP contribution in [-0.4, -0.2) is 14.8 Å². The van der Waals surface area contributed by atoms with Gasteiger partial charge in [-0.3, -0.25) is 9.67 Å². The Bertz CT molecular complexity index is 718. The summed E-state index contributed by atoms with van der Waals surface area (Å²) in [6, 6.07) is 5.90. The highest BCUT2D eigenvalue weighted by Gasteiger charge is 2.19. The van der Waals surface area contributed by atoms with Crippen LogP contribution in [0.25, 0.3) is 21.7 Å². The molecule has 0 aliphatic heterocycles. The van der Waals surface area contributed by atoms with Crippen LogP contribution in [0, 0.1) is 0 Å². The molecule has 2 N–H and O–H groups in total. The fourth-order valence-corrected chi connectivity index (χ4v) is 3.51. The van der Waals surface area contributed by atoms with E-state index in [1.807, 2.05) is 30.6 Å². The van der Waals surface area contributed by atoms with Crippen LogP contribution in [0.2, 0.25) is 0 Å². The van der Waals surface area contributed by atoms with E-state index in [4.69, 9.17) is 5.73 Å². The fourth-order valence-electron chi connectivity index (χ4n) is 1.96. The van der Waals surface area contributed by atoms with Gasteiger partial charge < -0.3 is 5.73 Å². The molecule has 3 aromatic rings. The molecule has 96 valence electrons. The molecule has 0 aliphatic carbocycles. The maximum atomic E-state index is 6.16. The summed E-state index contributed by atoms with van der Waals surface area (Å²) in [6.07, 6.45) is 3.52. The molecule has 0 bridgehead atoms. The lowest BCUT2D eigenvalue weighted by Gasteiger charge is -2.03. The minimum absolute atomic E-state index is 0.654. The number of nitrogens with two attached hydrogens (primary N) is 1. The van der Waals surface area contributed by atoms with E-state index >= 15 is 0 Å². The zero-order chi connectivity index (χ0) is 13.4. The second kappa shape index (κ2) is 4.79. The van der Waals surface area contributed by atoms with Gasteiger partial charge in [0.25, 0.3) is 0 Å². The highest BCUT2D eigenvalue weighted by Crippen LogP contribution is 2.41. The van der Waals surface area contributed by atoms with E-state index in [0.29, 0.717) is 5.82 Å². The van der Waals surface area contributed by atoms with Gasteiger partial charge in [0.2, 0.25) is 0 Å². The molecule has 3 heterocycles. The van der Waals surface area contributed by atoms with Gasteiger partial charge in [0.15, 0.2) is 0 Å². The van der Waals surface area contributed by atoms with Gasteiger partial charge in [0.1, 0.15) is 11.5 Å². The van der Waals surface area contributed by atoms with Crippen molar-refractivity contribution in [3.63, 3.8) is 0 Å². The lowest BCUT2D eigenvalue weighted by molar-refractivity contribution is 0.783. The van der Waals surface area contributed by atoms with Crippen LogP contribution in [0.5, 0.6) is 0 Å². The largest absolute Gasteiger partial charge is 0.383 e. The second-order valence-corrected chi connectivity index (χ2v) is 5.84. The summed E-state index contributed by atoms with van der Waals surface area (Å²) in [6.45, 7) is 0. The van der Waals surface area contributed by atoms with Gasteiger partial charge in [0, 0.05) is 23.9 Å². The smallest absolute Gasteiger partial charge is 0.129 e. The summed E-state index contributed by atoms with van der Waals surface area (Å²) in [4.78, 5) is 5.13. The first-order chi connectivity index (χ1) is 9.18. The Morgan fingerprint density at radius 2 is 2.00 bits per heavy atom. The molecule has 0 amide bonds. The maximum absolute atomic E-state index is 6.16. The quantitative estimate of drug-likeness (QED) is 0.779. The molecule has 0 spiro atoms. The van der Waals surface area contributed by atoms with Crippen molar-refractivity contribution in [3.05, 3.63) is 40.4 Å². The molecule has 4 nitrogen and oxygen atoms in total. The highest BCUT2D eigenvalue weighted by molar-refractivity contribution is 9.10. The van der Waals surface area contributed by atoms with Gasteiger partial charge in [-0.25, -0.2) is 0 Å². The number of rotatable bonds is 2. The Labute approximate surface area is 123 Å². The van der Waals surface area contributed by atoms with E-state index in [9.17, 15) is 0 Å². The van der Waals surface area contributed by atoms with Gasteiger partial charge in [-0.1, -0.05) is 0 Å². The fraction of sp³-hybridized carbons (Fsp3) is 0.0769. The molecule has 0 fully saturated rings. The van der Waals surface area contributed by atoms with Gasteiger partial charge >= 0.3 is 0 Å². The summed E-state index contributed by atoms with van der Waals surface area (Å²) in [5, 5.41) is 6.57. The third-order valence-corrected chi connectivity index (χ3v) is 4.74. The Balaban J connectivity index is 2.28. The van der Waals surface area contributed by atoms with Crippen molar-refractivity contribution in [1.29, 1.82) is 0 Å². The molecule has 0 radical (unpaired) electrons. The van der Waals surface area contributed by atoms with E-state index < -0.39 is 0 Å². The van der Waals surface area contributed by atoms with Crippen molar-refractivity contribution < 1.29 is 0 Å². The van der Waals surface area contributed by atoms with Crippen molar-refractivity contribution in [2.24, 2.45) is 7.05 Å². The van der Waals surface area contributed by atoms with Crippen molar-refractivity contribution >= 4 is 33.1 Å². The van der Waals surface area contributed by atoms with Crippen LogP contribution in [0.1, 0.15) is 0 Å². The predicted octanol–water partition coefficient (Wildman–Crippen LogP) is 3.56. The predicted molar refractivity (Wildman–Crippen MR) is 81.9 cm³/mol. The molecule has 0 aliphatic rings. The number of aromatic nitrogens is 3. The van der Waals surface area contributed by atoms with Gasteiger partial charge in [-0.15, -0.1) is 11.3 Å². The summed E-state index contributed by atoms with van der Waals surface area (Å²) in [7, 11) is 1.85. The Morgan fingerprint density at radius 1 is 1.26 bits per heavy atom. The molecule has 3 aromatic heterocycles. The number of nitrogen functional groups attached to an aromatic ring is 1. The number of aryl methyl sites for hydroxylation is 1. The monoisotopic (exact) mass is 334 g/mol. The summed E-state index contributed by atoms with van der Waals surface area (Å²) in [5.74, 6) is 0.654. The Hall–Kier alpha value is -1.66. The molecule has 0 saturated carbocycles. The topological polar surface area (TPSA) is 56.7 Å². The van der Waals surface area contributed by atoms with E-state index in [1.54, 1.807) is 28.4 Å². The zero-order valence-electron chi connectivity index (χ0n) is 10.2. The molecule has 0 aromatic carbocycles. The molecule has 6 heteroatoms. The third kappa shape index (κ3) is 2.06. The summed E-state index contributed by atoms with van der Waals surface area (Å²) in [5.41, 5.74) is 9.03. The number of anilines is 1. The second-order valence-electron chi connectivity index (χ2n) is 4.07. The first-order valence-electron chi connectivity index (χ1n) is 5.64. The van der Waals surface area contributed by atoms with Gasteiger partial charge in [-0.2, -0.15) is 5.10 Å². The first kappa shape index (κ1) is 12.4. The van der Waals surface area contributed by atoms with E-state index in [0.717, 1.165) is 26.2 Å². The SMILES string of the molecule is Cn1nc(-c2sccc2Br)c(-c2ccncc2)c1N. The molecule has 19 heavy (non-hydrogen) atoms. The van der Waals surface area contributed by atoms with Gasteiger partial charge in [0.05, 0.1) is 10.4 Å². The number of halogens is 1. The van der Waals surface area contributed by atoms with E-state index in [2.05, 4.69) is 26.0 Å². The maximum Gasteiger partial charge on any atom is 0.129 e. The lowest BCUT2D eigenvalue weighted by Crippen LogP contribution is -1.97. The van der Waals surface area contributed by atoms with Crippen LogP contribution >= 0.6 is 27.3 Å². The zero-order valence-corrected chi connectivity index (χ0v) is 12.6. The Kier molecular flexibility index (Phi) is 3.12. The third-order valence-electron chi connectivity index (χ3n) is 2.89. The highest BCUT2D eigenvalue weighted by atomic mass is 79.9. The van der Waals surface area contributed by atoms with E-state index in [1.165, 1.54) is 0 Å². The van der Waals surface area contributed by atoms with Crippen LogP contribution in [0.4, 0.5) is 5.82 Å². The van der Waals surface area contributed by atoms with Crippen LogP contribution in [-0.2, 0) is 7.05 Å². The number of nitrogens with zero attached hydrogens (tertiary/aromatic N) is 3. The number of hydrogen-bond acceptors (Lipinski definition) is 4. The first-order valence-corrected chi connectivity index (χ1v) is 7.32. The average molecular weight is 335 g/mol. The number of pyridine rings is 1. The number of hydrogen-bond donors (Lipinski definition) is 1. The molecule has 0 saturated heterocycles. The van der Waals surface area contributed by atoms with Crippen LogP contribution in [0.3, 0.4) is 0 Å². The van der Waals surface area contributed by atoms with Crippen molar-refractivity contribution in [3.8, 4) is 21.7 Å². The van der Waals surface area contributed by atoms with E-state index in [-0.39, 0.29) is 0 Å². The Morgan fingerprint density at radius 3 is 2.63 bits per heavy atom. The standard InChI is InChI=1S/C13H11BrN4S/c1-18-13(15)10(8-2-5-16-6-3-8)11(17-18)12-9(14)4-7-19-12/h2-7H,15H2,1H3. The molecule has 0 atom stereocenters. The van der Waals surface area contributed by atoms with Gasteiger partial charge in [-0.05, 0) is 45.1 Å². The lowest BCUT2D eigenvalue weighted by atomic mass is 10.1. The molecular weight excluding hydrogens is 324 g/mol. The minimum Gasteiger partial charge on any atom is -0.383 e. The minimum atomic E-state index is 0.654. The number of thiophene rings is 1. The van der Waals surface area contributed by atoms with Crippen molar-refractivity contribution in [2.45, 2.75) is 0 Å².